The molecular weight excluding hydrogens is 210 g/mol. The van der Waals surface area contributed by atoms with Gasteiger partial charge in [0.25, 0.3) is 0 Å². The number of hydrogen-bond donors (Lipinski definition) is 1. The van der Waals surface area contributed by atoms with Gasteiger partial charge in [-0.1, -0.05) is 13.8 Å². The lowest BCUT2D eigenvalue weighted by atomic mass is 10.1. The smallest absolute Gasteiger partial charge is 0.131 e. The molecule has 0 bridgehead atoms. The topological polar surface area (TPSA) is 61.0 Å². The van der Waals surface area contributed by atoms with Crippen molar-refractivity contribution in [3.05, 3.63) is 11.9 Å². The first-order chi connectivity index (χ1) is 7.16. The summed E-state index contributed by atoms with van der Waals surface area (Å²) >= 11 is 1.66. The van der Waals surface area contributed by atoms with E-state index in [4.69, 9.17) is 10.5 Å². The fourth-order valence-electron chi connectivity index (χ4n) is 1.27. The third-order valence-corrected chi connectivity index (χ3v) is 2.95. The van der Waals surface area contributed by atoms with Gasteiger partial charge in [0.2, 0.25) is 0 Å². The Kier molecular flexibility index (Phi) is 4.84. The van der Waals surface area contributed by atoms with Crippen LogP contribution in [-0.4, -0.2) is 29.4 Å². The molecule has 0 aliphatic heterocycles. The minimum Gasteiger partial charge on any atom is -0.384 e. The minimum absolute atomic E-state index is 0.344. The lowest BCUT2D eigenvalue weighted by Gasteiger charge is -2.12. The number of nitrogen functional groups attached to an aromatic ring is 1. The van der Waals surface area contributed by atoms with Gasteiger partial charge in [-0.15, -0.1) is 11.8 Å². The number of rotatable bonds is 5. The van der Waals surface area contributed by atoms with Crippen molar-refractivity contribution in [3.63, 3.8) is 0 Å². The van der Waals surface area contributed by atoms with Gasteiger partial charge in [-0.2, -0.15) is 0 Å². The number of aromatic nitrogens is 2. The molecule has 0 aliphatic carbocycles. The van der Waals surface area contributed by atoms with Gasteiger partial charge < -0.3 is 10.5 Å². The van der Waals surface area contributed by atoms with Crippen LogP contribution in [0, 0.1) is 0 Å². The van der Waals surface area contributed by atoms with E-state index in [0.29, 0.717) is 18.3 Å². The summed E-state index contributed by atoms with van der Waals surface area (Å²) in [5, 5.41) is 0.967. The summed E-state index contributed by atoms with van der Waals surface area (Å²) in [6, 6.07) is 0. The molecule has 0 saturated heterocycles. The van der Waals surface area contributed by atoms with Crippen LogP contribution in [-0.2, 0) is 4.74 Å². The maximum Gasteiger partial charge on any atom is 0.131 e. The zero-order chi connectivity index (χ0) is 11.3. The maximum atomic E-state index is 5.83. The second kappa shape index (κ2) is 5.92. The Morgan fingerprint density at radius 2 is 2.20 bits per heavy atom. The Bertz CT molecular complexity index is 318. The molecule has 0 amide bonds. The third kappa shape index (κ3) is 3.35. The molecule has 5 heteroatoms. The summed E-state index contributed by atoms with van der Waals surface area (Å²) in [6.45, 7) is 4.90. The van der Waals surface area contributed by atoms with E-state index in [0.717, 1.165) is 16.3 Å². The van der Waals surface area contributed by atoms with E-state index in [1.165, 1.54) is 6.33 Å². The molecule has 1 aromatic rings. The molecule has 15 heavy (non-hydrogen) atoms. The van der Waals surface area contributed by atoms with Gasteiger partial charge in [0.15, 0.2) is 0 Å². The molecule has 0 radical (unpaired) electrons. The van der Waals surface area contributed by atoms with Crippen molar-refractivity contribution >= 4 is 17.6 Å². The summed E-state index contributed by atoms with van der Waals surface area (Å²) in [5.41, 5.74) is 6.87. The monoisotopic (exact) mass is 227 g/mol. The number of methoxy groups -OCH3 is 1. The zero-order valence-corrected chi connectivity index (χ0v) is 10.2. The molecular formula is C10H17N3OS. The van der Waals surface area contributed by atoms with Crippen LogP contribution in [0.1, 0.15) is 25.3 Å². The number of hydrogen-bond acceptors (Lipinski definition) is 5. The van der Waals surface area contributed by atoms with Crippen LogP contribution in [0.2, 0.25) is 0 Å². The van der Waals surface area contributed by atoms with Crippen molar-refractivity contribution in [2.45, 2.75) is 24.8 Å². The predicted octanol–water partition coefficient (Wildman–Crippen LogP) is 1.92. The molecule has 0 atom stereocenters. The standard InChI is InChI=1S/C10H17N3OS/c1-7(2)8-9(11)12-6-13-10(8)15-5-4-14-3/h6-7H,4-5H2,1-3H3,(H2,11,12,13). The highest BCUT2D eigenvalue weighted by molar-refractivity contribution is 7.99. The molecule has 2 N–H and O–H groups in total. The molecule has 0 fully saturated rings. The van der Waals surface area contributed by atoms with Crippen molar-refractivity contribution in [2.24, 2.45) is 0 Å². The number of nitrogens with zero attached hydrogens (tertiary/aromatic N) is 2. The second-order valence-corrected chi connectivity index (χ2v) is 4.56. The van der Waals surface area contributed by atoms with E-state index < -0.39 is 0 Å². The summed E-state index contributed by atoms with van der Waals surface area (Å²) in [4.78, 5) is 8.26. The summed E-state index contributed by atoms with van der Waals surface area (Å²) < 4.78 is 5.00. The highest BCUT2D eigenvalue weighted by Gasteiger charge is 2.12. The molecule has 0 saturated carbocycles. The highest BCUT2D eigenvalue weighted by Crippen LogP contribution is 2.29. The molecule has 4 nitrogen and oxygen atoms in total. The number of ether oxygens (including phenoxy) is 1. The van der Waals surface area contributed by atoms with Gasteiger partial charge >= 0.3 is 0 Å². The van der Waals surface area contributed by atoms with Gasteiger partial charge in [0.05, 0.1) is 6.61 Å². The fraction of sp³-hybridized carbons (Fsp3) is 0.600. The summed E-state index contributed by atoms with van der Waals surface area (Å²) in [5.74, 6) is 1.81. The van der Waals surface area contributed by atoms with Crippen LogP contribution in [0.15, 0.2) is 11.4 Å². The van der Waals surface area contributed by atoms with Crippen molar-refractivity contribution < 1.29 is 4.74 Å². The van der Waals surface area contributed by atoms with E-state index in [2.05, 4.69) is 23.8 Å². The molecule has 0 spiro atoms. The average Bonchev–Trinajstić information content (AvgIpc) is 2.17. The second-order valence-electron chi connectivity index (χ2n) is 3.47. The van der Waals surface area contributed by atoms with Crippen LogP contribution < -0.4 is 5.73 Å². The molecule has 0 aromatic carbocycles. The first-order valence-electron chi connectivity index (χ1n) is 4.89. The number of nitrogens with two attached hydrogens (primary N) is 1. The molecule has 84 valence electrons. The van der Waals surface area contributed by atoms with E-state index in [-0.39, 0.29) is 0 Å². The Morgan fingerprint density at radius 1 is 1.47 bits per heavy atom. The van der Waals surface area contributed by atoms with Gasteiger partial charge in [-0.25, -0.2) is 9.97 Å². The normalized spacial score (nSPS) is 10.9. The third-order valence-electron chi connectivity index (χ3n) is 1.98. The van der Waals surface area contributed by atoms with E-state index in [1.54, 1.807) is 18.9 Å². The van der Waals surface area contributed by atoms with E-state index in [9.17, 15) is 0 Å². The lowest BCUT2D eigenvalue weighted by molar-refractivity contribution is 0.218. The van der Waals surface area contributed by atoms with Crippen LogP contribution in [0.4, 0.5) is 5.82 Å². The molecule has 1 aromatic heterocycles. The molecule has 1 rings (SSSR count). The van der Waals surface area contributed by atoms with E-state index >= 15 is 0 Å². The Hall–Kier alpha value is -0.810. The molecule has 0 unspecified atom stereocenters. The minimum atomic E-state index is 0.344. The van der Waals surface area contributed by atoms with Crippen LogP contribution in [0.25, 0.3) is 0 Å². The SMILES string of the molecule is COCCSc1ncnc(N)c1C(C)C. The Labute approximate surface area is 94.6 Å². The van der Waals surface area contributed by atoms with Gasteiger partial charge in [0, 0.05) is 18.4 Å². The number of anilines is 1. The highest BCUT2D eigenvalue weighted by atomic mass is 32.2. The van der Waals surface area contributed by atoms with Crippen molar-refractivity contribution in [3.8, 4) is 0 Å². The summed E-state index contributed by atoms with van der Waals surface area (Å²) in [7, 11) is 1.69. The van der Waals surface area contributed by atoms with Gasteiger partial charge in [0.1, 0.15) is 17.2 Å². The summed E-state index contributed by atoms with van der Waals surface area (Å²) in [6.07, 6.45) is 1.51. The lowest BCUT2D eigenvalue weighted by Crippen LogP contribution is -2.04. The van der Waals surface area contributed by atoms with Crippen LogP contribution in [0.5, 0.6) is 0 Å². The quantitative estimate of drug-likeness (QED) is 0.473. The molecule has 0 aliphatic rings. The predicted molar refractivity (Wildman–Crippen MR) is 63.1 cm³/mol. The Balaban J connectivity index is 2.81. The van der Waals surface area contributed by atoms with Crippen molar-refractivity contribution in [1.82, 2.24) is 9.97 Å². The average molecular weight is 227 g/mol. The van der Waals surface area contributed by atoms with Crippen LogP contribution >= 0.6 is 11.8 Å². The first-order valence-corrected chi connectivity index (χ1v) is 5.87. The first kappa shape index (κ1) is 12.3. The van der Waals surface area contributed by atoms with E-state index in [1.807, 2.05) is 0 Å². The fourth-order valence-corrected chi connectivity index (χ4v) is 2.33. The van der Waals surface area contributed by atoms with Crippen molar-refractivity contribution in [1.29, 1.82) is 0 Å². The Morgan fingerprint density at radius 3 is 2.80 bits per heavy atom. The van der Waals surface area contributed by atoms with Gasteiger partial charge in [-0.3, -0.25) is 0 Å². The van der Waals surface area contributed by atoms with Crippen LogP contribution in [0.3, 0.4) is 0 Å². The number of thioether (sulfide) groups is 1. The maximum absolute atomic E-state index is 5.83. The van der Waals surface area contributed by atoms with Crippen molar-refractivity contribution in [2.75, 3.05) is 25.2 Å². The molecule has 1 heterocycles. The van der Waals surface area contributed by atoms with Gasteiger partial charge in [-0.05, 0) is 5.92 Å². The zero-order valence-electron chi connectivity index (χ0n) is 9.36. The largest absolute Gasteiger partial charge is 0.384 e.